The van der Waals surface area contributed by atoms with Crippen LogP contribution in [0.3, 0.4) is 0 Å². The number of hydroxylamine groups is 1. The minimum atomic E-state index is -0.680. The van der Waals surface area contributed by atoms with E-state index in [1.165, 1.54) is 17.9 Å². The maximum absolute atomic E-state index is 13.9. The largest absolute Gasteiger partial charge is 0.494 e. The van der Waals surface area contributed by atoms with Crippen molar-refractivity contribution in [1.29, 1.82) is 5.26 Å². The van der Waals surface area contributed by atoms with E-state index in [0.717, 1.165) is 19.4 Å². The Morgan fingerprint density at radius 3 is 2.66 bits per heavy atom. The number of benzene rings is 1. The SMILES string of the molecule is CCOc1ccc(C(=O)N(OC(C)(C)C)c2c(C)c(NCCC3CCCCN3)c(C#N)c3ccnn23)cc1. The van der Waals surface area contributed by atoms with Gasteiger partial charge in [0.15, 0.2) is 5.82 Å². The van der Waals surface area contributed by atoms with Crippen LogP contribution in [-0.2, 0) is 4.84 Å². The molecule has 4 rings (SSSR count). The number of hydrogen-bond donors (Lipinski definition) is 2. The van der Waals surface area contributed by atoms with E-state index in [4.69, 9.17) is 9.57 Å². The van der Waals surface area contributed by atoms with E-state index in [1.807, 2.05) is 34.6 Å². The van der Waals surface area contributed by atoms with Crippen molar-refractivity contribution < 1.29 is 14.4 Å². The van der Waals surface area contributed by atoms with Crippen LogP contribution >= 0.6 is 0 Å². The first kappa shape index (κ1) is 27.4. The summed E-state index contributed by atoms with van der Waals surface area (Å²) in [6.07, 6.45) is 6.18. The number of anilines is 2. The van der Waals surface area contributed by atoms with E-state index in [-0.39, 0.29) is 5.91 Å². The molecular formula is C29H38N6O3. The molecule has 0 radical (unpaired) electrons. The lowest BCUT2D eigenvalue weighted by molar-refractivity contribution is -0.0172. The molecule has 3 aromatic rings. The molecule has 0 bridgehead atoms. The lowest BCUT2D eigenvalue weighted by Gasteiger charge is -2.32. The molecule has 1 amide bonds. The number of carbonyl (C=O) groups excluding carboxylic acids is 1. The molecule has 1 aliphatic heterocycles. The van der Waals surface area contributed by atoms with Crippen LogP contribution in [0.5, 0.6) is 5.75 Å². The molecular weight excluding hydrogens is 480 g/mol. The number of rotatable bonds is 9. The summed E-state index contributed by atoms with van der Waals surface area (Å²) >= 11 is 0. The summed E-state index contributed by atoms with van der Waals surface area (Å²) in [5.74, 6) is 0.802. The second kappa shape index (κ2) is 11.8. The fourth-order valence-corrected chi connectivity index (χ4v) is 4.79. The molecule has 3 heterocycles. The van der Waals surface area contributed by atoms with E-state index >= 15 is 0 Å². The van der Waals surface area contributed by atoms with Gasteiger partial charge >= 0.3 is 0 Å². The van der Waals surface area contributed by atoms with Crippen LogP contribution in [-0.4, -0.2) is 46.9 Å². The summed E-state index contributed by atoms with van der Waals surface area (Å²) in [5.41, 5.74) is 2.25. The summed E-state index contributed by atoms with van der Waals surface area (Å²) in [5, 5.41) is 23.0. The Morgan fingerprint density at radius 1 is 1.26 bits per heavy atom. The molecule has 38 heavy (non-hydrogen) atoms. The van der Waals surface area contributed by atoms with Gasteiger partial charge in [-0.1, -0.05) is 6.42 Å². The Labute approximate surface area is 224 Å². The van der Waals surface area contributed by atoms with Crippen LogP contribution in [0.25, 0.3) is 5.52 Å². The molecule has 1 unspecified atom stereocenters. The van der Waals surface area contributed by atoms with Gasteiger partial charge in [-0.25, -0.2) is 4.52 Å². The van der Waals surface area contributed by atoms with Crippen LogP contribution in [0.2, 0.25) is 0 Å². The van der Waals surface area contributed by atoms with E-state index in [0.29, 0.717) is 58.7 Å². The quantitative estimate of drug-likeness (QED) is 0.374. The summed E-state index contributed by atoms with van der Waals surface area (Å²) in [6.45, 7) is 11.8. The summed E-state index contributed by atoms with van der Waals surface area (Å²) in [7, 11) is 0. The number of ether oxygens (including phenoxy) is 1. The Balaban J connectivity index is 1.76. The molecule has 1 atom stereocenters. The first-order chi connectivity index (χ1) is 18.2. The van der Waals surface area contributed by atoms with Crippen LogP contribution in [0.15, 0.2) is 36.5 Å². The van der Waals surface area contributed by atoms with E-state index < -0.39 is 5.60 Å². The predicted molar refractivity (Wildman–Crippen MR) is 149 cm³/mol. The third-order valence-corrected chi connectivity index (χ3v) is 6.53. The van der Waals surface area contributed by atoms with E-state index in [1.54, 1.807) is 41.0 Å². The number of pyridine rings is 1. The second-order valence-electron chi connectivity index (χ2n) is 10.6. The maximum Gasteiger partial charge on any atom is 0.283 e. The second-order valence-corrected chi connectivity index (χ2v) is 10.6. The molecule has 0 spiro atoms. The molecule has 1 aliphatic rings. The highest BCUT2D eigenvalue weighted by atomic mass is 16.7. The molecule has 9 heteroatoms. The lowest BCUT2D eigenvalue weighted by Crippen LogP contribution is -2.40. The number of hydrogen-bond acceptors (Lipinski definition) is 7. The average Bonchev–Trinajstić information content (AvgIpc) is 3.37. The summed E-state index contributed by atoms with van der Waals surface area (Å²) < 4.78 is 7.15. The van der Waals surface area contributed by atoms with Gasteiger partial charge in [0, 0.05) is 23.7 Å². The normalized spacial score (nSPS) is 15.7. The van der Waals surface area contributed by atoms with Gasteiger partial charge in [0.25, 0.3) is 5.91 Å². The standard InChI is InChI=1S/C29H38N6O3/c1-6-37-23-12-10-21(11-13-23)28(36)35(38-29(3,4)5)27-20(2)26(24(19-30)25-15-18-33-34(25)27)32-17-14-22-9-7-8-16-31-22/h10-13,15,18,22,31-32H,6-9,14,16-17H2,1-5H3. The molecule has 0 aliphatic carbocycles. The number of carbonyl (C=O) groups is 1. The van der Waals surface area contributed by atoms with Crippen molar-refractivity contribution in [3.63, 3.8) is 0 Å². The first-order valence-corrected chi connectivity index (χ1v) is 13.4. The molecule has 2 N–H and O–H groups in total. The van der Waals surface area contributed by atoms with Gasteiger partial charge in [-0.15, -0.1) is 0 Å². The molecule has 1 aromatic carbocycles. The smallest absolute Gasteiger partial charge is 0.283 e. The van der Waals surface area contributed by atoms with Crippen molar-refractivity contribution in [3.05, 3.63) is 53.2 Å². The van der Waals surface area contributed by atoms with Gasteiger partial charge < -0.3 is 15.4 Å². The number of aromatic nitrogens is 2. The Hall–Kier alpha value is -3.61. The minimum Gasteiger partial charge on any atom is -0.494 e. The molecule has 1 saturated heterocycles. The zero-order valence-electron chi connectivity index (χ0n) is 23.0. The third kappa shape index (κ3) is 6.09. The van der Waals surface area contributed by atoms with E-state index in [2.05, 4.69) is 21.8 Å². The van der Waals surface area contributed by atoms with Gasteiger partial charge in [0.05, 0.1) is 29.6 Å². The number of fused-ring (bicyclic) bond motifs is 1. The van der Waals surface area contributed by atoms with Crippen molar-refractivity contribution in [2.24, 2.45) is 0 Å². The monoisotopic (exact) mass is 518 g/mol. The predicted octanol–water partition coefficient (Wildman–Crippen LogP) is 5.23. The van der Waals surface area contributed by atoms with Gasteiger partial charge in [0.2, 0.25) is 0 Å². The van der Waals surface area contributed by atoms with Gasteiger partial charge in [0.1, 0.15) is 17.4 Å². The molecule has 9 nitrogen and oxygen atoms in total. The van der Waals surface area contributed by atoms with Crippen LogP contribution in [0.4, 0.5) is 11.5 Å². The van der Waals surface area contributed by atoms with Gasteiger partial charge in [-0.2, -0.15) is 15.4 Å². The highest BCUT2D eigenvalue weighted by molar-refractivity contribution is 6.05. The third-order valence-electron chi connectivity index (χ3n) is 6.53. The Bertz CT molecular complexity index is 1300. The number of amides is 1. The average molecular weight is 519 g/mol. The molecule has 1 fully saturated rings. The van der Waals surface area contributed by atoms with E-state index in [9.17, 15) is 10.1 Å². The fourth-order valence-electron chi connectivity index (χ4n) is 4.79. The van der Waals surface area contributed by atoms with Crippen LogP contribution in [0.1, 0.15) is 74.9 Å². The number of piperidine rings is 1. The molecule has 202 valence electrons. The first-order valence-electron chi connectivity index (χ1n) is 13.4. The van der Waals surface area contributed by atoms with Crippen LogP contribution in [0, 0.1) is 18.3 Å². The van der Waals surface area contributed by atoms with Gasteiger partial charge in [-0.3, -0.25) is 9.63 Å². The lowest BCUT2D eigenvalue weighted by atomic mass is 10.0. The highest BCUT2D eigenvalue weighted by Crippen LogP contribution is 2.35. The fraction of sp³-hybridized carbons (Fsp3) is 0.483. The van der Waals surface area contributed by atoms with Crippen molar-refractivity contribution >= 4 is 22.9 Å². The number of nitrogens with zero attached hydrogens (tertiary/aromatic N) is 4. The number of nitrogens with one attached hydrogen (secondary N) is 2. The Kier molecular flexibility index (Phi) is 8.55. The van der Waals surface area contributed by atoms with Crippen molar-refractivity contribution in [1.82, 2.24) is 14.9 Å². The number of nitriles is 1. The molecule has 2 aromatic heterocycles. The summed E-state index contributed by atoms with van der Waals surface area (Å²) in [4.78, 5) is 20.2. The zero-order valence-corrected chi connectivity index (χ0v) is 23.0. The summed E-state index contributed by atoms with van der Waals surface area (Å²) in [6, 6.07) is 11.6. The van der Waals surface area contributed by atoms with Gasteiger partial charge in [-0.05, 0) is 90.8 Å². The topological polar surface area (TPSA) is 104 Å². The molecule has 0 saturated carbocycles. The zero-order chi connectivity index (χ0) is 27.3. The minimum absolute atomic E-state index is 0.343. The van der Waals surface area contributed by atoms with Crippen molar-refractivity contribution in [2.45, 2.75) is 71.9 Å². The van der Waals surface area contributed by atoms with Crippen molar-refractivity contribution in [2.75, 3.05) is 30.1 Å². The van der Waals surface area contributed by atoms with Crippen LogP contribution < -0.4 is 20.4 Å². The van der Waals surface area contributed by atoms with Crippen molar-refractivity contribution in [3.8, 4) is 11.8 Å². The Morgan fingerprint density at radius 2 is 2.03 bits per heavy atom. The highest BCUT2D eigenvalue weighted by Gasteiger charge is 2.31. The maximum atomic E-state index is 13.9.